The highest BCUT2D eigenvalue weighted by molar-refractivity contribution is 7.47. The summed E-state index contributed by atoms with van der Waals surface area (Å²) in [5.41, 5.74) is 5.38. The van der Waals surface area contributed by atoms with Gasteiger partial charge in [-0.3, -0.25) is 13.8 Å². The minimum atomic E-state index is -4.26. The van der Waals surface area contributed by atoms with Gasteiger partial charge in [0, 0.05) is 13.0 Å². The predicted molar refractivity (Wildman–Crippen MR) is 238 cm³/mol. The van der Waals surface area contributed by atoms with Crippen molar-refractivity contribution in [3.8, 4) is 0 Å². The van der Waals surface area contributed by atoms with Gasteiger partial charge in [-0.1, -0.05) is 226 Å². The Labute approximate surface area is 347 Å². The van der Waals surface area contributed by atoms with Crippen LogP contribution >= 0.6 is 7.82 Å². The van der Waals surface area contributed by atoms with E-state index >= 15 is 0 Å². The highest BCUT2D eigenvalue weighted by Crippen LogP contribution is 2.43. The summed E-state index contributed by atoms with van der Waals surface area (Å²) in [6.45, 7) is 4.27. The molecule has 0 amide bonds. The van der Waals surface area contributed by atoms with Crippen LogP contribution in [0.3, 0.4) is 0 Å². The summed E-state index contributed by atoms with van der Waals surface area (Å²) in [6.07, 6.45) is 50.6. The number of allylic oxidation sites excluding steroid dienone is 1. The van der Waals surface area contributed by atoms with E-state index in [1.807, 2.05) is 6.08 Å². The van der Waals surface area contributed by atoms with Crippen molar-refractivity contribution in [2.24, 2.45) is 5.73 Å². The molecule has 1 unspecified atom stereocenters. The average Bonchev–Trinajstić information content (AvgIpc) is 3.19. The molecule has 0 rings (SSSR count). The van der Waals surface area contributed by atoms with E-state index in [1.165, 1.54) is 199 Å². The summed E-state index contributed by atoms with van der Waals surface area (Å²) < 4.78 is 33.3. The number of phosphoric ester groups is 1. The number of unbranched alkanes of at least 4 members (excludes halogenated alkanes) is 34. The molecule has 56 heavy (non-hydrogen) atoms. The molecule has 0 radical (unpaired) electrons. The molecule has 0 aliphatic heterocycles. The second-order valence-electron chi connectivity index (χ2n) is 16.4. The number of hydrogen-bond donors (Lipinski definition) is 2. The van der Waals surface area contributed by atoms with Gasteiger partial charge in [-0.15, -0.1) is 0 Å². The summed E-state index contributed by atoms with van der Waals surface area (Å²) in [7, 11) is -4.26. The van der Waals surface area contributed by atoms with Crippen LogP contribution in [0.15, 0.2) is 12.3 Å². The van der Waals surface area contributed by atoms with Crippen LogP contribution < -0.4 is 5.73 Å². The zero-order valence-corrected chi connectivity index (χ0v) is 38.0. The van der Waals surface area contributed by atoms with Crippen LogP contribution in [0, 0.1) is 0 Å². The number of carbonyl (C=O) groups is 1. The van der Waals surface area contributed by atoms with E-state index in [-0.39, 0.29) is 32.3 Å². The Morgan fingerprint density at radius 2 is 0.893 bits per heavy atom. The highest BCUT2D eigenvalue weighted by Gasteiger charge is 2.24. The zero-order valence-electron chi connectivity index (χ0n) is 37.1. The largest absolute Gasteiger partial charge is 0.492 e. The first-order chi connectivity index (χ1) is 27.4. The quantitative estimate of drug-likeness (QED) is 0.0270. The molecule has 0 saturated heterocycles. The van der Waals surface area contributed by atoms with Crippen molar-refractivity contribution >= 4 is 13.8 Å². The standard InChI is InChI=1S/C47H94NO7P/c1-3-5-7-9-11-13-15-17-19-21-22-23-24-25-26-28-30-32-34-36-38-40-47(49)53-44-46(45-55-56(50,51)54-43-41-48)52-42-39-37-35-33-31-29-27-20-18-16-14-12-10-8-6-4-2/h39,42,46H,3-38,40-41,43-45,48H2,1-2H3,(H,50,51)/t46-/m1/s1. The van der Waals surface area contributed by atoms with Crippen LogP contribution in [0.25, 0.3) is 0 Å². The fraction of sp³-hybridized carbons (Fsp3) is 0.936. The lowest BCUT2D eigenvalue weighted by atomic mass is 10.0. The van der Waals surface area contributed by atoms with Crippen LogP contribution in [-0.4, -0.2) is 43.3 Å². The van der Waals surface area contributed by atoms with E-state index in [0.717, 1.165) is 32.1 Å². The van der Waals surface area contributed by atoms with Crippen molar-refractivity contribution in [1.82, 2.24) is 0 Å². The maximum Gasteiger partial charge on any atom is 0.472 e. The molecular formula is C47H94NO7P. The molecule has 0 fully saturated rings. The maximum absolute atomic E-state index is 12.4. The third-order valence-corrected chi connectivity index (χ3v) is 11.8. The van der Waals surface area contributed by atoms with E-state index in [0.29, 0.717) is 6.42 Å². The number of phosphoric acid groups is 1. The van der Waals surface area contributed by atoms with E-state index in [1.54, 1.807) is 6.26 Å². The summed E-state index contributed by atoms with van der Waals surface area (Å²) in [5.74, 6) is -0.283. The topological polar surface area (TPSA) is 117 Å². The second kappa shape index (κ2) is 45.2. The van der Waals surface area contributed by atoms with E-state index in [4.69, 9.17) is 24.3 Å². The van der Waals surface area contributed by atoms with E-state index in [2.05, 4.69) is 13.8 Å². The third kappa shape index (κ3) is 44.2. The fourth-order valence-corrected chi connectivity index (χ4v) is 7.93. The Morgan fingerprint density at radius 3 is 1.27 bits per heavy atom. The smallest absolute Gasteiger partial charge is 0.472 e. The van der Waals surface area contributed by atoms with Crippen molar-refractivity contribution in [2.75, 3.05) is 26.4 Å². The molecule has 0 aromatic heterocycles. The summed E-state index contributed by atoms with van der Waals surface area (Å²) in [4.78, 5) is 22.3. The molecule has 8 nitrogen and oxygen atoms in total. The van der Waals surface area contributed by atoms with Gasteiger partial charge in [0.2, 0.25) is 0 Å². The lowest BCUT2D eigenvalue weighted by Gasteiger charge is -2.19. The number of rotatable bonds is 47. The number of hydrogen-bond acceptors (Lipinski definition) is 7. The Hall–Kier alpha value is -0.920. The molecule has 0 aliphatic rings. The Morgan fingerprint density at radius 1 is 0.536 bits per heavy atom. The number of nitrogens with two attached hydrogens (primary N) is 1. The molecule has 0 saturated carbocycles. The number of carbonyl (C=O) groups excluding carboxylic acids is 1. The Balaban J connectivity index is 3.94. The van der Waals surface area contributed by atoms with Crippen LogP contribution in [0.2, 0.25) is 0 Å². The molecule has 3 N–H and O–H groups in total. The molecule has 2 atom stereocenters. The predicted octanol–water partition coefficient (Wildman–Crippen LogP) is 15.0. The minimum absolute atomic E-state index is 0.0574. The summed E-state index contributed by atoms with van der Waals surface area (Å²) in [6, 6.07) is 0. The van der Waals surface area contributed by atoms with Gasteiger partial charge in [0.25, 0.3) is 0 Å². The maximum atomic E-state index is 12.4. The second-order valence-corrected chi connectivity index (χ2v) is 17.9. The molecule has 0 bridgehead atoms. The van der Waals surface area contributed by atoms with Gasteiger partial charge in [0.1, 0.15) is 6.61 Å². The summed E-state index contributed by atoms with van der Waals surface area (Å²) in [5, 5.41) is 0. The SMILES string of the molecule is CCCCCCCCCCCCCCCCC=CO[C@H](COC(=O)CCCCCCCCCCCCCCCCCCCCCCC)COP(=O)(O)OCCN. The van der Waals surface area contributed by atoms with E-state index in [9.17, 15) is 14.3 Å². The first-order valence-electron chi connectivity index (χ1n) is 24.2. The van der Waals surface area contributed by atoms with E-state index < -0.39 is 13.9 Å². The average molecular weight is 816 g/mol. The molecule has 0 aromatic carbocycles. The van der Waals surface area contributed by atoms with Gasteiger partial charge >= 0.3 is 13.8 Å². The van der Waals surface area contributed by atoms with Gasteiger partial charge in [0.15, 0.2) is 6.10 Å². The van der Waals surface area contributed by atoms with Crippen molar-refractivity contribution in [3.63, 3.8) is 0 Å². The highest BCUT2D eigenvalue weighted by atomic mass is 31.2. The first-order valence-corrected chi connectivity index (χ1v) is 25.7. The lowest BCUT2D eigenvalue weighted by Crippen LogP contribution is -2.25. The Kier molecular flexibility index (Phi) is 44.4. The molecule has 334 valence electrons. The molecule has 0 aliphatic carbocycles. The molecular weight excluding hydrogens is 721 g/mol. The number of ether oxygens (including phenoxy) is 2. The van der Waals surface area contributed by atoms with Crippen molar-refractivity contribution in [1.29, 1.82) is 0 Å². The van der Waals surface area contributed by atoms with Gasteiger partial charge < -0.3 is 20.1 Å². The van der Waals surface area contributed by atoms with Crippen LogP contribution in [0.4, 0.5) is 0 Å². The molecule has 0 aromatic rings. The van der Waals surface area contributed by atoms with Crippen LogP contribution in [-0.2, 0) is 27.9 Å². The fourth-order valence-electron chi connectivity index (χ4n) is 7.16. The first kappa shape index (κ1) is 55.1. The summed E-state index contributed by atoms with van der Waals surface area (Å²) >= 11 is 0. The van der Waals surface area contributed by atoms with Gasteiger partial charge in [-0.05, 0) is 25.3 Å². The molecule has 0 spiro atoms. The molecule has 0 heterocycles. The third-order valence-electron chi connectivity index (χ3n) is 10.8. The Bertz CT molecular complexity index is 873. The van der Waals surface area contributed by atoms with Crippen molar-refractivity contribution in [2.45, 2.75) is 258 Å². The monoisotopic (exact) mass is 816 g/mol. The van der Waals surface area contributed by atoms with Gasteiger partial charge in [-0.2, -0.15) is 0 Å². The van der Waals surface area contributed by atoms with Crippen LogP contribution in [0.5, 0.6) is 0 Å². The van der Waals surface area contributed by atoms with Crippen molar-refractivity contribution < 1.29 is 32.8 Å². The van der Waals surface area contributed by atoms with Crippen LogP contribution in [0.1, 0.15) is 251 Å². The molecule has 9 heteroatoms. The number of esters is 1. The normalized spacial score (nSPS) is 13.4. The van der Waals surface area contributed by atoms with Gasteiger partial charge in [-0.25, -0.2) is 4.57 Å². The minimum Gasteiger partial charge on any atom is -0.492 e. The van der Waals surface area contributed by atoms with Gasteiger partial charge in [0.05, 0.1) is 19.5 Å². The zero-order chi connectivity index (χ0) is 40.9. The van der Waals surface area contributed by atoms with Crippen molar-refractivity contribution in [3.05, 3.63) is 12.3 Å². The lowest BCUT2D eigenvalue weighted by molar-refractivity contribution is -0.147.